The van der Waals surface area contributed by atoms with Crippen LogP contribution in [-0.4, -0.2) is 33.6 Å². The zero-order chi connectivity index (χ0) is 22.0. The van der Waals surface area contributed by atoms with Crippen molar-refractivity contribution >= 4 is 5.91 Å². The van der Waals surface area contributed by atoms with Crippen LogP contribution in [0.15, 0.2) is 66.7 Å². The van der Waals surface area contributed by atoms with E-state index in [1.54, 1.807) is 0 Å². The van der Waals surface area contributed by atoms with Crippen LogP contribution >= 0.6 is 0 Å². The molecule has 2 unspecified atom stereocenters. The minimum absolute atomic E-state index is 0.104. The van der Waals surface area contributed by atoms with E-state index in [2.05, 4.69) is 42.7 Å². The van der Waals surface area contributed by atoms with Gasteiger partial charge in [0.15, 0.2) is 0 Å². The molecule has 2 atom stereocenters. The number of amides is 1. The van der Waals surface area contributed by atoms with Gasteiger partial charge in [-0.3, -0.25) is 4.79 Å². The molecule has 3 aromatic rings. The highest BCUT2D eigenvalue weighted by molar-refractivity contribution is 5.95. The summed E-state index contributed by atoms with van der Waals surface area (Å²) in [4.78, 5) is 15.3. The van der Waals surface area contributed by atoms with Crippen LogP contribution in [0.3, 0.4) is 0 Å². The van der Waals surface area contributed by atoms with Gasteiger partial charge in [0.05, 0.1) is 17.7 Å². The second-order valence-electron chi connectivity index (χ2n) is 8.73. The number of carbonyl (C=O) groups excluding carboxylic acids is 1. The number of aliphatic hydroxyl groups is 1. The lowest BCUT2D eigenvalue weighted by molar-refractivity contribution is 0.0462. The maximum absolute atomic E-state index is 13.3. The molecule has 2 aromatic carbocycles. The second kappa shape index (κ2) is 9.11. The van der Waals surface area contributed by atoms with Crippen molar-refractivity contribution in [2.45, 2.75) is 45.8 Å². The molecule has 4 heteroatoms. The van der Waals surface area contributed by atoms with Crippen LogP contribution in [0.4, 0.5) is 0 Å². The summed E-state index contributed by atoms with van der Waals surface area (Å²) in [6.07, 6.45) is 1.18. The van der Waals surface area contributed by atoms with E-state index >= 15 is 0 Å². The van der Waals surface area contributed by atoms with Gasteiger partial charge in [0.1, 0.15) is 0 Å². The van der Waals surface area contributed by atoms with Gasteiger partial charge >= 0.3 is 0 Å². The fraction of sp³-hybridized carbons (Fsp3) is 0.370. The van der Waals surface area contributed by atoms with Crippen molar-refractivity contribution in [2.24, 2.45) is 5.92 Å². The monoisotopic (exact) mass is 416 g/mol. The van der Waals surface area contributed by atoms with Crippen molar-refractivity contribution in [3.63, 3.8) is 0 Å². The number of aryl methyl sites for hydroxylation is 1. The molecule has 1 aromatic heterocycles. The zero-order valence-electron chi connectivity index (χ0n) is 18.7. The fourth-order valence-corrected chi connectivity index (χ4v) is 4.98. The molecule has 1 fully saturated rings. The first-order valence-corrected chi connectivity index (χ1v) is 11.2. The Hall–Kier alpha value is -2.85. The quantitative estimate of drug-likeness (QED) is 0.613. The van der Waals surface area contributed by atoms with Gasteiger partial charge in [-0.15, -0.1) is 0 Å². The lowest BCUT2D eigenvalue weighted by atomic mass is 9.87. The van der Waals surface area contributed by atoms with Crippen molar-refractivity contribution in [1.29, 1.82) is 0 Å². The summed E-state index contributed by atoms with van der Waals surface area (Å²) in [6, 6.07) is 22.5. The lowest BCUT2D eigenvalue weighted by Crippen LogP contribution is -2.40. The molecular weight excluding hydrogens is 384 g/mol. The summed E-state index contributed by atoms with van der Waals surface area (Å²) in [5.41, 5.74) is 5.11. The van der Waals surface area contributed by atoms with Crippen LogP contribution in [0.2, 0.25) is 0 Å². The third-order valence-corrected chi connectivity index (χ3v) is 6.80. The second-order valence-corrected chi connectivity index (χ2v) is 8.73. The molecule has 0 spiro atoms. The van der Waals surface area contributed by atoms with Gasteiger partial charge in [-0.25, -0.2) is 0 Å². The fourth-order valence-electron chi connectivity index (χ4n) is 4.98. The standard InChI is InChI=1S/C27H32N2O2/c1-19-18-25(21(3)29(19)20(2)22-10-6-4-7-11-22)27(31)28-16-14-24(15-17-28)26(30)23-12-8-5-9-13-23/h4-13,18,20,24,26,30H,14-17H2,1-3H3. The first-order valence-electron chi connectivity index (χ1n) is 11.2. The number of hydrogen-bond acceptors (Lipinski definition) is 2. The zero-order valence-corrected chi connectivity index (χ0v) is 18.7. The highest BCUT2D eigenvalue weighted by atomic mass is 16.3. The predicted molar refractivity (Wildman–Crippen MR) is 124 cm³/mol. The summed E-state index contributed by atoms with van der Waals surface area (Å²) in [7, 11) is 0. The molecule has 0 bridgehead atoms. The number of aromatic nitrogens is 1. The largest absolute Gasteiger partial charge is 0.388 e. The van der Waals surface area contributed by atoms with Gasteiger partial charge in [0.25, 0.3) is 5.91 Å². The Kier molecular flexibility index (Phi) is 6.28. The summed E-state index contributed by atoms with van der Waals surface area (Å²) in [5, 5.41) is 10.7. The number of carbonyl (C=O) groups is 1. The van der Waals surface area contributed by atoms with E-state index in [0.29, 0.717) is 13.1 Å². The molecular formula is C27H32N2O2. The smallest absolute Gasteiger partial charge is 0.255 e. The lowest BCUT2D eigenvalue weighted by Gasteiger charge is -2.34. The van der Waals surface area contributed by atoms with Crippen molar-refractivity contribution in [3.8, 4) is 0 Å². The summed E-state index contributed by atoms with van der Waals surface area (Å²) in [6.45, 7) is 7.67. The summed E-state index contributed by atoms with van der Waals surface area (Å²) in [5.74, 6) is 0.296. The maximum Gasteiger partial charge on any atom is 0.255 e. The minimum Gasteiger partial charge on any atom is -0.388 e. The van der Waals surface area contributed by atoms with Gasteiger partial charge < -0.3 is 14.6 Å². The first-order chi connectivity index (χ1) is 15.0. The summed E-state index contributed by atoms with van der Waals surface area (Å²) >= 11 is 0. The molecule has 1 N–H and O–H groups in total. The number of rotatable bonds is 5. The maximum atomic E-state index is 13.3. The van der Waals surface area contributed by atoms with Gasteiger partial charge in [0.2, 0.25) is 0 Å². The molecule has 4 nitrogen and oxygen atoms in total. The van der Waals surface area contributed by atoms with Crippen LogP contribution in [-0.2, 0) is 0 Å². The topological polar surface area (TPSA) is 45.5 Å². The number of likely N-dealkylation sites (tertiary alicyclic amines) is 1. The van der Waals surface area contributed by atoms with Crippen LogP contribution in [0, 0.1) is 19.8 Å². The molecule has 1 aliphatic rings. The van der Waals surface area contributed by atoms with Gasteiger partial charge in [0, 0.05) is 24.5 Å². The molecule has 0 radical (unpaired) electrons. The number of benzene rings is 2. The molecule has 162 valence electrons. The van der Waals surface area contributed by atoms with E-state index in [0.717, 1.165) is 35.4 Å². The third-order valence-electron chi connectivity index (χ3n) is 6.80. The number of nitrogens with zero attached hydrogens (tertiary/aromatic N) is 2. The van der Waals surface area contributed by atoms with E-state index in [1.165, 1.54) is 5.56 Å². The Balaban J connectivity index is 1.46. The van der Waals surface area contributed by atoms with Crippen LogP contribution < -0.4 is 0 Å². The summed E-state index contributed by atoms with van der Waals surface area (Å²) < 4.78 is 2.26. The Morgan fingerprint density at radius 2 is 1.48 bits per heavy atom. The van der Waals surface area contributed by atoms with Gasteiger partial charge in [-0.1, -0.05) is 60.7 Å². The van der Waals surface area contributed by atoms with Crippen LogP contribution in [0.1, 0.15) is 64.8 Å². The number of aliphatic hydroxyl groups excluding tert-OH is 1. The minimum atomic E-state index is -0.463. The predicted octanol–water partition coefficient (Wildman–Crippen LogP) is 5.30. The molecule has 1 saturated heterocycles. The van der Waals surface area contributed by atoms with Crippen molar-refractivity contribution in [2.75, 3.05) is 13.1 Å². The molecule has 31 heavy (non-hydrogen) atoms. The van der Waals surface area contributed by atoms with Crippen molar-refractivity contribution in [1.82, 2.24) is 9.47 Å². The Labute approximate surface area is 185 Å². The molecule has 2 heterocycles. The third kappa shape index (κ3) is 4.31. The van der Waals surface area contributed by atoms with Crippen molar-refractivity contribution < 1.29 is 9.90 Å². The van der Waals surface area contributed by atoms with E-state index < -0.39 is 6.10 Å². The first kappa shape index (κ1) is 21.4. The molecule has 4 rings (SSSR count). The van der Waals surface area contributed by atoms with E-state index in [4.69, 9.17) is 0 Å². The number of piperidine rings is 1. The average molecular weight is 417 g/mol. The molecule has 1 aliphatic heterocycles. The van der Waals surface area contributed by atoms with E-state index in [1.807, 2.05) is 54.3 Å². The van der Waals surface area contributed by atoms with Crippen molar-refractivity contribution in [3.05, 3.63) is 94.8 Å². The normalized spacial score (nSPS) is 16.8. The Morgan fingerprint density at radius 3 is 2.06 bits per heavy atom. The van der Waals surface area contributed by atoms with Crippen LogP contribution in [0.5, 0.6) is 0 Å². The molecule has 0 aliphatic carbocycles. The van der Waals surface area contributed by atoms with Gasteiger partial charge in [-0.05, 0) is 56.7 Å². The van der Waals surface area contributed by atoms with Crippen LogP contribution in [0.25, 0.3) is 0 Å². The Morgan fingerprint density at radius 1 is 0.935 bits per heavy atom. The highest BCUT2D eigenvalue weighted by Gasteiger charge is 2.30. The number of hydrogen-bond donors (Lipinski definition) is 1. The Bertz CT molecular complexity index is 1020. The van der Waals surface area contributed by atoms with E-state index in [9.17, 15) is 9.90 Å². The average Bonchev–Trinajstić information content (AvgIpc) is 3.12. The SMILES string of the molecule is Cc1cc(C(=O)N2CCC(C(O)c3ccccc3)CC2)c(C)n1C(C)c1ccccc1. The van der Waals surface area contributed by atoms with Gasteiger partial charge in [-0.2, -0.15) is 0 Å². The molecule has 1 amide bonds. The highest BCUT2D eigenvalue weighted by Crippen LogP contribution is 2.32. The molecule has 0 saturated carbocycles. The van der Waals surface area contributed by atoms with E-state index in [-0.39, 0.29) is 17.9 Å².